The molecule has 3 aromatic rings. The minimum atomic E-state index is -4.36. The van der Waals surface area contributed by atoms with Crippen LogP contribution < -0.4 is 16.8 Å². The maximum absolute atomic E-state index is 12.3. The Morgan fingerprint density at radius 3 is 2.14 bits per heavy atom. The first kappa shape index (κ1) is 26.2. The second-order valence-corrected chi connectivity index (χ2v) is 10.3. The number of nitrogens with one attached hydrogen (secondary N) is 1. The number of para-hydroxylation sites is 1. The van der Waals surface area contributed by atoms with E-state index < -0.39 is 28.2 Å². The fourth-order valence-electron chi connectivity index (χ4n) is 4.37. The lowest BCUT2D eigenvalue weighted by molar-refractivity contribution is -0.135. The molecule has 37 heavy (non-hydrogen) atoms. The number of ether oxygens (including phenoxy) is 1. The smallest absolute Gasteiger partial charge is 0.407 e. The largest absolute Gasteiger partial charge is 0.449 e. The summed E-state index contributed by atoms with van der Waals surface area (Å²) in [4.78, 5) is 24.1. The van der Waals surface area contributed by atoms with E-state index in [1.165, 1.54) is 18.2 Å². The van der Waals surface area contributed by atoms with Gasteiger partial charge in [-0.15, -0.1) is 0 Å². The van der Waals surface area contributed by atoms with Crippen molar-refractivity contribution < 1.29 is 26.9 Å². The molecule has 0 fully saturated rings. The summed E-state index contributed by atoms with van der Waals surface area (Å²) in [5.41, 5.74) is 16.0. The third-order valence-corrected chi connectivity index (χ3v) is 7.53. The lowest BCUT2D eigenvalue weighted by Gasteiger charge is -2.15. The molecule has 4 rings (SSSR count). The Bertz CT molecular complexity index is 1350. The average molecular weight is 524 g/mol. The highest BCUT2D eigenvalue weighted by Crippen LogP contribution is 2.44. The zero-order valence-corrected chi connectivity index (χ0v) is 20.9. The summed E-state index contributed by atoms with van der Waals surface area (Å²) in [6, 6.07) is 20.7. The summed E-state index contributed by atoms with van der Waals surface area (Å²) in [6.45, 7) is 0.536. The molecule has 1 aliphatic carbocycles. The monoisotopic (exact) mass is 523 g/mol. The van der Waals surface area contributed by atoms with Crippen LogP contribution in [0.5, 0.6) is 0 Å². The Kier molecular flexibility index (Phi) is 8.10. The maximum Gasteiger partial charge on any atom is 0.407 e. The van der Waals surface area contributed by atoms with Crippen LogP contribution in [0.1, 0.15) is 36.3 Å². The van der Waals surface area contributed by atoms with Gasteiger partial charge in [-0.3, -0.25) is 0 Å². The van der Waals surface area contributed by atoms with Crippen molar-refractivity contribution in [1.29, 1.82) is 0 Å². The predicted octanol–water partition coefficient (Wildman–Crippen LogP) is 3.54. The van der Waals surface area contributed by atoms with Crippen LogP contribution >= 0.6 is 0 Å². The van der Waals surface area contributed by atoms with Gasteiger partial charge in [-0.1, -0.05) is 60.7 Å². The van der Waals surface area contributed by atoms with E-state index in [2.05, 4.69) is 33.8 Å². The van der Waals surface area contributed by atoms with Crippen LogP contribution in [0.4, 0.5) is 10.5 Å². The van der Waals surface area contributed by atoms with Crippen molar-refractivity contribution >= 4 is 27.9 Å². The number of carbonyl (C=O) groups is 2. The molecule has 1 atom stereocenters. The molecule has 0 aromatic heterocycles. The van der Waals surface area contributed by atoms with Gasteiger partial charge in [0, 0.05) is 12.5 Å². The van der Waals surface area contributed by atoms with E-state index in [0.29, 0.717) is 19.4 Å². The van der Waals surface area contributed by atoms with E-state index in [4.69, 9.17) is 16.2 Å². The zero-order valence-electron chi connectivity index (χ0n) is 20.1. The van der Waals surface area contributed by atoms with Crippen molar-refractivity contribution in [3.05, 3.63) is 83.9 Å². The highest BCUT2D eigenvalue weighted by atomic mass is 32.2. The van der Waals surface area contributed by atoms with E-state index in [1.54, 1.807) is 6.07 Å². The summed E-state index contributed by atoms with van der Waals surface area (Å²) < 4.78 is 34.7. The van der Waals surface area contributed by atoms with Crippen LogP contribution in [-0.4, -0.2) is 39.7 Å². The number of amides is 1. The topological polar surface area (TPSA) is 151 Å². The molecular formula is C27H29N3O6S. The molecule has 194 valence electrons. The fourth-order valence-corrected chi connectivity index (χ4v) is 5.40. The molecule has 5 N–H and O–H groups in total. The number of nitrogens with two attached hydrogens (primary N) is 2. The Balaban J connectivity index is 1.17. The second kappa shape index (κ2) is 11.4. The highest BCUT2D eigenvalue weighted by Gasteiger charge is 2.29. The van der Waals surface area contributed by atoms with Crippen molar-refractivity contribution in [2.75, 3.05) is 18.9 Å². The Morgan fingerprint density at radius 1 is 0.892 bits per heavy atom. The number of fused-ring (bicyclic) bond motifs is 3. The number of alkyl carbamates (subject to hydrolysis) is 1. The number of hydrogen-bond acceptors (Lipinski definition) is 8. The molecule has 9 nitrogen and oxygen atoms in total. The van der Waals surface area contributed by atoms with E-state index in [-0.39, 0.29) is 29.5 Å². The normalized spacial score (nSPS) is 13.3. The van der Waals surface area contributed by atoms with Gasteiger partial charge in [-0.05, 0) is 53.6 Å². The Labute approximate surface area is 215 Å². The number of hydrogen-bond donors (Lipinski definition) is 3. The van der Waals surface area contributed by atoms with Crippen LogP contribution in [0.3, 0.4) is 0 Å². The van der Waals surface area contributed by atoms with E-state index in [1.807, 2.05) is 24.3 Å². The third kappa shape index (κ3) is 6.10. The molecule has 0 unspecified atom stereocenters. The number of carbonyl (C=O) groups excluding carboxylic acids is 2. The van der Waals surface area contributed by atoms with Gasteiger partial charge in [0.15, 0.2) is 0 Å². The lowest BCUT2D eigenvalue weighted by atomic mass is 9.98. The van der Waals surface area contributed by atoms with Gasteiger partial charge in [0.2, 0.25) is 0 Å². The number of unbranched alkanes of at least 4 members (excludes halogenated alkanes) is 1. The fraction of sp³-hybridized carbons (Fsp3) is 0.259. The van der Waals surface area contributed by atoms with Crippen LogP contribution in [-0.2, 0) is 23.8 Å². The van der Waals surface area contributed by atoms with Crippen LogP contribution in [0.15, 0.2) is 77.7 Å². The average Bonchev–Trinajstić information content (AvgIpc) is 3.20. The van der Waals surface area contributed by atoms with Crippen LogP contribution in [0.25, 0.3) is 11.1 Å². The summed E-state index contributed by atoms with van der Waals surface area (Å²) in [5, 5.41) is 2.70. The van der Waals surface area contributed by atoms with Gasteiger partial charge in [-0.25, -0.2) is 9.59 Å². The number of benzene rings is 3. The van der Waals surface area contributed by atoms with Crippen LogP contribution in [0.2, 0.25) is 0 Å². The van der Waals surface area contributed by atoms with Gasteiger partial charge in [-0.2, -0.15) is 8.42 Å². The van der Waals surface area contributed by atoms with E-state index >= 15 is 0 Å². The molecule has 0 saturated heterocycles. The Morgan fingerprint density at radius 2 is 1.49 bits per heavy atom. The molecule has 0 spiro atoms. The molecule has 0 heterocycles. The molecule has 0 radical (unpaired) electrons. The van der Waals surface area contributed by atoms with Crippen molar-refractivity contribution in [1.82, 2.24) is 5.32 Å². The van der Waals surface area contributed by atoms with Gasteiger partial charge in [0.25, 0.3) is 0 Å². The third-order valence-electron chi connectivity index (χ3n) is 6.24. The SMILES string of the molecule is Nc1ccccc1S(=O)(=O)OC(=O)[C@@H](N)CCCCNC(=O)OCC1c2ccccc2-c2ccccc21. The first-order valence-corrected chi connectivity index (χ1v) is 13.4. The molecule has 3 aromatic carbocycles. The first-order valence-electron chi connectivity index (χ1n) is 11.9. The maximum atomic E-state index is 12.3. The first-order chi connectivity index (χ1) is 17.8. The Hall–Kier alpha value is -3.89. The minimum absolute atomic E-state index is 0.0234. The van der Waals surface area contributed by atoms with Gasteiger partial charge in [0.05, 0.1) is 5.69 Å². The molecule has 10 heteroatoms. The van der Waals surface area contributed by atoms with Gasteiger partial charge in [0.1, 0.15) is 17.5 Å². The zero-order chi connectivity index (χ0) is 26.4. The number of rotatable bonds is 10. The minimum Gasteiger partial charge on any atom is -0.449 e. The molecule has 0 saturated carbocycles. The van der Waals surface area contributed by atoms with Crippen molar-refractivity contribution in [2.24, 2.45) is 5.73 Å². The number of anilines is 1. The van der Waals surface area contributed by atoms with Crippen molar-refractivity contribution in [3.63, 3.8) is 0 Å². The van der Waals surface area contributed by atoms with Gasteiger partial charge >= 0.3 is 22.2 Å². The summed E-state index contributed by atoms with van der Waals surface area (Å²) in [6.07, 6.45) is 0.638. The summed E-state index contributed by atoms with van der Waals surface area (Å²) in [5.74, 6) is -1.09. The molecule has 1 amide bonds. The summed E-state index contributed by atoms with van der Waals surface area (Å²) >= 11 is 0. The van der Waals surface area contributed by atoms with Crippen LogP contribution in [0, 0.1) is 0 Å². The standard InChI is InChI=1S/C27H29N3O6S/c28-23-13-5-6-15-25(23)37(33,34)36-26(31)24(29)14-7-8-16-30-27(32)35-17-22-20-11-3-1-9-18(20)19-10-2-4-12-21(19)22/h1-6,9-13,15,22,24H,7-8,14,16-17,28-29H2,(H,30,32)/t24-/m0/s1. The number of nitrogen functional groups attached to an aromatic ring is 1. The van der Waals surface area contributed by atoms with E-state index in [9.17, 15) is 18.0 Å². The van der Waals surface area contributed by atoms with E-state index in [0.717, 1.165) is 22.3 Å². The molecular weight excluding hydrogens is 494 g/mol. The lowest BCUT2D eigenvalue weighted by Crippen LogP contribution is -2.34. The highest BCUT2D eigenvalue weighted by molar-refractivity contribution is 7.87. The predicted molar refractivity (Wildman–Crippen MR) is 139 cm³/mol. The summed E-state index contributed by atoms with van der Waals surface area (Å²) in [7, 11) is -4.36. The quantitative estimate of drug-likeness (QED) is 0.207. The molecule has 0 bridgehead atoms. The van der Waals surface area contributed by atoms with Crippen molar-refractivity contribution in [2.45, 2.75) is 36.1 Å². The second-order valence-electron chi connectivity index (χ2n) is 8.75. The van der Waals surface area contributed by atoms with Crippen molar-refractivity contribution in [3.8, 4) is 11.1 Å². The molecule has 1 aliphatic rings. The molecule has 0 aliphatic heterocycles. The van der Waals surface area contributed by atoms with Gasteiger partial charge < -0.3 is 25.7 Å².